The molecule has 9 heteroatoms. The molecule has 110 valence electrons. The molecular weight excluding hydrogens is 276 g/mol. The van der Waals surface area contributed by atoms with Crippen molar-refractivity contribution in [2.75, 3.05) is 14.2 Å². The highest BCUT2D eigenvalue weighted by Gasteiger charge is 2.07. The minimum atomic E-state index is -0.347. The van der Waals surface area contributed by atoms with E-state index in [9.17, 15) is 4.79 Å². The van der Waals surface area contributed by atoms with Crippen LogP contribution in [-0.4, -0.2) is 46.5 Å². The topological polar surface area (TPSA) is 104 Å². The van der Waals surface area contributed by atoms with Crippen LogP contribution in [0.1, 0.15) is 5.56 Å². The molecule has 0 saturated heterocycles. The largest absolute Gasteiger partial charge is 0.493 e. The molecule has 0 spiro atoms. The monoisotopic (exact) mass is 290 g/mol. The van der Waals surface area contributed by atoms with E-state index in [1.807, 2.05) is 0 Å². The summed E-state index contributed by atoms with van der Waals surface area (Å²) in [5.74, 6) is 0.778. The van der Waals surface area contributed by atoms with E-state index < -0.39 is 0 Å². The number of aromatic nitrogens is 4. The van der Waals surface area contributed by atoms with Gasteiger partial charge >= 0.3 is 0 Å². The molecule has 1 N–H and O–H groups in total. The second kappa shape index (κ2) is 6.98. The molecule has 1 amide bonds. The summed E-state index contributed by atoms with van der Waals surface area (Å²) in [5.41, 5.74) is 3.06. The number of ether oxygens (including phenoxy) is 2. The zero-order valence-electron chi connectivity index (χ0n) is 11.6. The molecule has 0 bridgehead atoms. The number of nitrogens with zero attached hydrogens (tertiary/aromatic N) is 5. The minimum absolute atomic E-state index is 0.0143. The second-order valence-electron chi connectivity index (χ2n) is 3.88. The van der Waals surface area contributed by atoms with E-state index in [0.717, 1.165) is 0 Å². The van der Waals surface area contributed by atoms with Gasteiger partial charge in [0.25, 0.3) is 5.91 Å². The summed E-state index contributed by atoms with van der Waals surface area (Å²) in [5, 5.41) is 14.3. The smallest absolute Gasteiger partial charge is 0.261 e. The number of benzene rings is 1. The molecule has 0 atom stereocenters. The normalized spacial score (nSPS) is 10.6. The minimum Gasteiger partial charge on any atom is -0.493 e. The first-order chi connectivity index (χ1) is 10.2. The Morgan fingerprint density at radius 1 is 1.43 bits per heavy atom. The van der Waals surface area contributed by atoms with Crippen LogP contribution in [0.3, 0.4) is 0 Å². The van der Waals surface area contributed by atoms with Crippen LogP contribution in [0.15, 0.2) is 29.6 Å². The SMILES string of the molecule is COc1cccc(C=NNC(=O)Cn2cnnn2)c1OC. The van der Waals surface area contributed by atoms with Gasteiger partial charge in [-0.1, -0.05) is 6.07 Å². The van der Waals surface area contributed by atoms with E-state index >= 15 is 0 Å². The molecule has 0 fully saturated rings. The Balaban J connectivity index is 1.99. The van der Waals surface area contributed by atoms with Crippen LogP contribution in [0.4, 0.5) is 0 Å². The number of hydrogen-bond acceptors (Lipinski definition) is 7. The fraction of sp³-hybridized carbons (Fsp3) is 0.250. The number of carbonyl (C=O) groups excluding carboxylic acids is 1. The molecule has 0 aliphatic rings. The van der Waals surface area contributed by atoms with Gasteiger partial charge in [0.15, 0.2) is 11.5 Å². The van der Waals surface area contributed by atoms with E-state index in [4.69, 9.17) is 9.47 Å². The molecule has 0 unspecified atom stereocenters. The van der Waals surface area contributed by atoms with E-state index in [1.54, 1.807) is 25.3 Å². The van der Waals surface area contributed by atoms with E-state index in [0.29, 0.717) is 17.1 Å². The van der Waals surface area contributed by atoms with Crippen molar-refractivity contribution in [1.82, 2.24) is 25.6 Å². The summed E-state index contributed by atoms with van der Waals surface area (Å²) >= 11 is 0. The molecule has 1 heterocycles. The van der Waals surface area contributed by atoms with Gasteiger partial charge in [-0.3, -0.25) is 4.79 Å². The van der Waals surface area contributed by atoms with E-state index in [1.165, 1.54) is 24.3 Å². The molecule has 1 aromatic heterocycles. The molecule has 0 aliphatic carbocycles. The van der Waals surface area contributed by atoms with Gasteiger partial charge in [-0.2, -0.15) is 5.10 Å². The summed E-state index contributed by atoms with van der Waals surface area (Å²) < 4.78 is 11.7. The number of methoxy groups -OCH3 is 2. The third-order valence-corrected chi connectivity index (χ3v) is 2.52. The van der Waals surface area contributed by atoms with Gasteiger partial charge in [0.2, 0.25) is 0 Å². The Labute approximate surface area is 120 Å². The van der Waals surface area contributed by atoms with Gasteiger partial charge in [-0.05, 0) is 22.6 Å². The van der Waals surface area contributed by atoms with Gasteiger partial charge in [0.05, 0.1) is 20.4 Å². The molecule has 2 aromatic rings. The van der Waals surface area contributed by atoms with Crippen molar-refractivity contribution < 1.29 is 14.3 Å². The molecular formula is C12H14N6O3. The number of rotatable bonds is 6. The zero-order chi connectivity index (χ0) is 15.1. The summed E-state index contributed by atoms with van der Waals surface area (Å²) in [7, 11) is 3.08. The van der Waals surface area contributed by atoms with Crippen LogP contribution in [-0.2, 0) is 11.3 Å². The lowest BCUT2D eigenvalue weighted by molar-refractivity contribution is -0.121. The number of tetrazole rings is 1. The summed E-state index contributed by atoms with van der Waals surface area (Å²) in [6, 6.07) is 5.36. The maximum Gasteiger partial charge on any atom is 0.261 e. The average molecular weight is 290 g/mol. The van der Waals surface area contributed by atoms with Gasteiger partial charge in [0, 0.05) is 5.56 Å². The number of carbonyl (C=O) groups is 1. The number of nitrogens with one attached hydrogen (secondary N) is 1. The zero-order valence-corrected chi connectivity index (χ0v) is 11.6. The molecule has 21 heavy (non-hydrogen) atoms. The highest BCUT2D eigenvalue weighted by Crippen LogP contribution is 2.29. The summed E-state index contributed by atoms with van der Waals surface area (Å²) in [6.45, 7) is -0.0143. The van der Waals surface area contributed by atoms with Crippen molar-refractivity contribution in [1.29, 1.82) is 0 Å². The maximum atomic E-state index is 11.6. The Hall–Kier alpha value is -2.97. The second-order valence-corrected chi connectivity index (χ2v) is 3.88. The number of hydrazone groups is 1. The lowest BCUT2D eigenvalue weighted by atomic mass is 10.2. The molecule has 0 aliphatic heterocycles. The van der Waals surface area contributed by atoms with E-state index in [-0.39, 0.29) is 12.5 Å². The number of hydrogen-bond donors (Lipinski definition) is 1. The van der Waals surface area contributed by atoms with Gasteiger partial charge in [-0.15, -0.1) is 5.10 Å². The Morgan fingerprint density at radius 3 is 2.95 bits per heavy atom. The van der Waals surface area contributed by atoms with Crippen LogP contribution in [0.25, 0.3) is 0 Å². The fourth-order valence-corrected chi connectivity index (χ4v) is 1.62. The first-order valence-corrected chi connectivity index (χ1v) is 5.98. The summed E-state index contributed by atoms with van der Waals surface area (Å²) in [4.78, 5) is 11.6. The molecule has 0 saturated carbocycles. The van der Waals surface area contributed by atoms with Gasteiger partial charge < -0.3 is 9.47 Å². The Morgan fingerprint density at radius 2 is 2.29 bits per heavy atom. The van der Waals surface area contributed by atoms with Gasteiger partial charge in [-0.25, -0.2) is 10.1 Å². The van der Waals surface area contributed by atoms with Gasteiger partial charge in [0.1, 0.15) is 12.9 Å². The van der Waals surface area contributed by atoms with Crippen molar-refractivity contribution in [3.63, 3.8) is 0 Å². The van der Waals surface area contributed by atoms with Crippen LogP contribution in [0.2, 0.25) is 0 Å². The quantitative estimate of drug-likeness (QED) is 0.585. The molecule has 0 radical (unpaired) electrons. The highest BCUT2D eigenvalue weighted by molar-refractivity contribution is 5.86. The Bertz CT molecular complexity index is 626. The van der Waals surface area contributed by atoms with Crippen molar-refractivity contribution in [2.24, 2.45) is 5.10 Å². The number of amides is 1. The first-order valence-electron chi connectivity index (χ1n) is 5.98. The van der Waals surface area contributed by atoms with Crippen LogP contribution < -0.4 is 14.9 Å². The van der Waals surface area contributed by atoms with E-state index in [2.05, 4.69) is 26.1 Å². The third-order valence-electron chi connectivity index (χ3n) is 2.52. The lowest BCUT2D eigenvalue weighted by Crippen LogP contribution is -2.23. The van der Waals surface area contributed by atoms with Crippen molar-refractivity contribution in [3.05, 3.63) is 30.1 Å². The predicted octanol–water partition coefficient (Wildman–Crippen LogP) is -0.159. The maximum absolute atomic E-state index is 11.6. The third kappa shape index (κ3) is 3.75. The van der Waals surface area contributed by atoms with Crippen LogP contribution >= 0.6 is 0 Å². The highest BCUT2D eigenvalue weighted by atomic mass is 16.5. The summed E-state index contributed by atoms with van der Waals surface area (Å²) in [6.07, 6.45) is 2.81. The standard InChI is InChI=1S/C12H14N6O3/c1-20-10-5-3-4-9(12(10)21-2)6-13-15-11(19)7-18-8-14-16-17-18/h3-6,8H,7H2,1-2H3,(H,15,19). The first kappa shape index (κ1) is 14.4. The van der Waals surface area contributed by atoms with Crippen LogP contribution in [0.5, 0.6) is 11.5 Å². The fourth-order valence-electron chi connectivity index (χ4n) is 1.62. The van der Waals surface area contributed by atoms with Crippen molar-refractivity contribution in [2.45, 2.75) is 6.54 Å². The number of para-hydroxylation sites is 1. The Kier molecular flexibility index (Phi) is 4.80. The lowest BCUT2D eigenvalue weighted by Gasteiger charge is -2.09. The van der Waals surface area contributed by atoms with Crippen LogP contribution in [0, 0.1) is 0 Å². The van der Waals surface area contributed by atoms with Crippen molar-refractivity contribution >= 4 is 12.1 Å². The molecule has 1 aromatic carbocycles. The molecule has 9 nitrogen and oxygen atoms in total. The average Bonchev–Trinajstić information content (AvgIpc) is 2.99. The predicted molar refractivity (Wildman–Crippen MR) is 73.1 cm³/mol. The molecule has 2 rings (SSSR count). The van der Waals surface area contributed by atoms with Crippen molar-refractivity contribution in [3.8, 4) is 11.5 Å².